The predicted octanol–water partition coefficient (Wildman–Crippen LogP) is 1.57. The van der Waals surface area contributed by atoms with E-state index in [1.54, 1.807) is 18.3 Å². The maximum absolute atomic E-state index is 11.3. The molecule has 100 valence electrons. The first-order valence-corrected chi connectivity index (χ1v) is 5.68. The van der Waals surface area contributed by atoms with Crippen molar-refractivity contribution in [2.24, 2.45) is 0 Å². The van der Waals surface area contributed by atoms with Gasteiger partial charge in [0.15, 0.2) is 0 Å². The maximum Gasteiger partial charge on any atom is 0.407 e. The summed E-state index contributed by atoms with van der Waals surface area (Å²) in [6.45, 7) is 6.12. The molecule has 1 amide bonds. The summed E-state index contributed by atoms with van der Waals surface area (Å²) in [7, 11) is 0. The number of nitrogens with two attached hydrogens (primary N) is 1. The zero-order valence-electron chi connectivity index (χ0n) is 10.9. The predicted molar refractivity (Wildman–Crippen MR) is 68.4 cm³/mol. The fourth-order valence-electron chi connectivity index (χ4n) is 1.15. The van der Waals surface area contributed by atoms with E-state index in [9.17, 15) is 4.79 Å². The second kappa shape index (κ2) is 6.09. The summed E-state index contributed by atoms with van der Waals surface area (Å²) in [6.07, 6.45) is 1.10. The van der Waals surface area contributed by atoms with E-state index in [1.807, 2.05) is 20.8 Å². The van der Waals surface area contributed by atoms with E-state index in [0.717, 1.165) is 0 Å². The van der Waals surface area contributed by atoms with Crippen molar-refractivity contribution in [2.75, 3.05) is 18.9 Å². The minimum atomic E-state index is -0.496. The molecule has 1 heterocycles. The van der Waals surface area contributed by atoms with E-state index in [4.69, 9.17) is 15.2 Å². The van der Waals surface area contributed by atoms with Gasteiger partial charge in [0.05, 0.1) is 6.54 Å². The van der Waals surface area contributed by atoms with Gasteiger partial charge in [-0.25, -0.2) is 9.78 Å². The van der Waals surface area contributed by atoms with Gasteiger partial charge >= 0.3 is 6.09 Å². The Balaban J connectivity index is 2.21. The Bertz CT molecular complexity index is 402. The van der Waals surface area contributed by atoms with Crippen LogP contribution >= 0.6 is 0 Å². The Labute approximate surface area is 106 Å². The highest BCUT2D eigenvalue weighted by Gasteiger charge is 2.15. The molecule has 6 heteroatoms. The van der Waals surface area contributed by atoms with Crippen molar-refractivity contribution in [3.63, 3.8) is 0 Å². The van der Waals surface area contributed by atoms with Gasteiger partial charge in [-0.3, -0.25) is 0 Å². The third-order valence-corrected chi connectivity index (χ3v) is 1.79. The molecule has 18 heavy (non-hydrogen) atoms. The van der Waals surface area contributed by atoms with Gasteiger partial charge in [-0.1, -0.05) is 0 Å². The molecule has 0 fully saturated rings. The van der Waals surface area contributed by atoms with Crippen molar-refractivity contribution in [1.82, 2.24) is 10.3 Å². The average molecular weight is 253 g/mol. The number of hydrogen-bond acceptors (Lipinski definition) is 5. The van der Waals surface area contributed by atoms with Gasteiger partial charge in [-0.15, -0.1) is 0 Å². The van der Waals surface area contributed by atoms with Crippen molar-refractivity contribution in [1.29, 1.82) is 0 Å². The van der Waals surface area contributed by atoms with Gasteiger partial charge in [0, 0.05) is 12.3 Å². The first kappa shape index (κ1) is 14.1. The molecule has 1 aromatic rings. The maximum atomic E-state index is 11.3. The van der Waals surface area contributed by atoms with E-state index in [2.05, 4.69) is 10.3 Å². The third-order valence-electron chi connectivity index (χ3n) is 1.79. The molecule has 0 unspecified atom stereocenters. The summed E-state index contributed by atoms with van der Waals surface area (Å²) in [5, 5.41) is 2.59. The first-order valence-electron chi connectivity index (χ1n) is 5.68. The molecule has 0 spiro atoms. The van der Waals surface area contributed by atoms with Crippen molar-refractivity contribution in [3.8, 4) is 5.75 Å². The van der Waals surface area contributed by atoms with Crippen LogP contribution in [0.15, 0.2) is 18.3 Å². The molecule has 0 saturated heterocycles. The number of pyridine rings is 1. The van der Waals surface area contributed by atoms with Crippen LogP contribution in [0.4, 0.5) is 10.6 Å². The minimum Gasteiger partial charge on any atom is -0.492 e. The number of nitrogens with zero attached hydrogens (tertiary/aromatic N) is 1. The van der Waals surface area contributed by atoms with E-state index >= 15 is 0 Å². The third kappa shape index (κ3) is 5.93. The topological polar surface area (TPSA) is 86.5 Å². The fraction of sp³-hybridized carbons (Fsp3) is 0.500. The van der Waals surface area contributed by atoms with Crippen molar-refractivity contribution in [3.05, 3.63) is 18.3 Å². The molecular weight excluding hydrogens is 234 g/mol. The number of nitrogens with one attached hydrogen (secondary N) is 1. The number of hydrogen-bond donors (Lipinski definition) is 2. The number of nitrogen functional groups attached to an aromatic ring is 1. The smallest absolute Gasteiger partial charge is 0.407 e. The van der Waals surface area contributed by atoms with Crippen molar-refractivity contribution in [2.45, 2.75) is 26.4 Å². The Morgan fingerprint density at radius 3 is 2.83 bits per heavy atom. The second-order valence-corrected chi connectivity index (χ2v) is 4.69. The summed E-state index contributed by atoms with van der Waals surface area (Å²) in [6, 6.07) is 3.32. The number of rotatable bonds is 4. The van der Waals surface area contributed by atoms with E-state index in [0.29, 0.717) is 24.7 Å². The van der Waals surface area contributed by atoms with Crippen LogP contribution in [0.25, 0.3) is 0 Å². The van der Waals surface area contributed by atoms with Gasteiger partial charge < -0.3 is 20.5 Å². The molecule has 0 aliphatic heterocycles. The first-order chi connectivity index (χ1) is 8.37. The highest BCUT2D eigenvalue weighted by Crippen LogP contribution is 2.11. The Kier molecular flexibility index (Phi) is 4.76. The molecule has 6 nitrogen and oxygen atoms in total. The standard InChI is InChI=1S/C12H19N3O3/c1-12(2,3)18-11(16)15-6-7-17-9-4-5-14-10(13)8-9/h4-5,8H,6-7H2,1-3H3,(H2,13,14)(H,15,16). The van der Waals surface area contributed by atoms with Crippen LogP contribution in [0.2, 0.25) is 0 Å². The largest absolute Gasteiger partial charge is 0.492 e. The van der Waals surface area contributed by atoms with Gasteiger partial charge in [-0.05, 0) is 26.8 Å². The minimum absolute atomic E-state index is 0.336. The van der Waals surface area contributed by atoms with E-state index < -0.39 is 11.7 Å². The van der Waals surface area contributed by atoms with Crippen LogP contribution in [0, 0.1) is 0 Å². The van der Waals surface area contributed by atoms with Gasteiger partial charge in [0.25, 0.3) is 0 Å². The van der Waals surface area contributed by atoms with Crippen LogP contribution < -0.4 is 15.8 Å². The van der Waals surface area contributed by atoms with E-state index in [-0.39, 0.29) is 0 Å². The Morgan fingerprint density at radius 1 is 1.50 bits per heavy atom. The van der Waals surface area contributed by atoms with Crippen molar-refractivity contribution < 1.29 is 14.3 Å². The van der Waals surface area contributed by atoms with E-state index in [1.165, 1.54) is 0 Å². The molecule has 0 saturated carbocycles. The monoisotopic (exact) mass is 253 g/mol. The summed E-state index contributed by atoms with van der Waals surface area (Å²) < 4.78 is 10.5. The molecule has 0 aliphatic carbocycles. The summed E-state index contributed by atoms with van der Waals surface area (Å²) in [5.41, 5.74) is 5.00. The second-order valence-electron chi connectivity index (χ2n) is 4.69. The molecule has 0 radical (unpaired) electrons. The number of carbonyl (C=O) groups is 1. The van der Waals surface area contributed by atoms with Gasteiger partial charge in [0.2, 0.25) is 0 Å². The van der Waals surface area contributed by atoms with Crippen LogP contribution in [-0.4, -0.2) is 29.8 Å². The lowest BCUT2D eigenvalue weighted by molar-refractivity contribution is 0.0520. The zero-order valence-corrected chi connectivity index (χ0v) is 10.9. The van der Waals surface area contributed by atoms with Crippen LogP contribution in [-0.2, 0) is 4.74 Å². The normalized spacial score (nSPS) is 10.8. The van der Waals surface area contributed by atoms with Crippen molar-refractivity contribution >= 4 is 11.9 Å². The number of carbonyl (C=O) groups excluding carboxylic acids is 1. The molecule has 0 aromatic carbocycles. The van der Waals surface area contributed by atoms with Crippen LogP contribution in [0.5, 0.6) is 5.75 Å². The molecule has 1 rings (SSSR count). The molecule has 1 aromatic heterocycles. The lowest BCUT2D eigenvalue weighted by Crippen LogP contribution is -2.34. The Morgan fingerprint density at radius 2 is 2.22 bits per heavy atom. The summed E-state index contributed by atoms with van der Waals surface area (Å²) in [5.74, 6) is 1.01. The summed E-state index contributed by atoms with van der Waals surface area (Å²) in [4.78, 5) is 15.1. The SMILES string of the molecule is CC(C)(C)OC(=O)NCCOc1ccnc(N)c1. The molecule has 0 bridgehead atoms. The fourth-order valence-corrected chi connectivity index (χ4v) is 1.15. The van der Waals surface area contributed by atoms with Crippen LogP contribution in [0.1, 0.15) is 20.8 Å². The van der Waals surface area contributed by atoms with Gasteiger partial charge in [0.1, 0.15) is 23.8 Å². The molecule has 0 atom stereocenters. The highest BCUT2D eigenvalue weighted by atomic mass is 16.6. The van der Waals surface area contributed by atoms with Gasteiger partial charge in [-0.2, -0.15) is 0 Å². The lowest BCUT2D eigenvalue weighted by atomic mass is 10.2. The number of anilines is 1. The van der Waals surface area contributed by atoms with Crippen LogP contribution in [0.3, 0.4) is 0 Å². The number of alkyl carbamates (subject to hydrolysis) is 1. The summed E-state index contributed by atoms with van der Waals surface area (Å²) >= 11 is 0. The molecular formula is C12H19N3O3. The molecule has 0 aliphatic rings. The molecule has 3 N–H and O–H groups in total. The quantitative estimate of drug-likeness (QED) is 0.795. The highest BCUT2D eigenvalue weighted by molar-refractivity contribution is 5.67. The number of amides is 1. The number of ether oxygens (including phenoxy) is 2. The lowest BCUT2D eigenvalue weighted by Gasteiger charge is -2.19. The average Bonchev–Trinajstić information content (AvgIpc) is 2.22. The zero-order chi connectivity index (χ0) is 13.6. The Hall–Kier alpha value is -1.98. The number of aromatic nitrogens is 1.